The van der Waals surface area contributed by atoms with E-state index in [-0.39, 0.29) is 0 Å². The van der Waals surface area contributed by atoms with Gasteiger partial charge in [0.15, 0.2) is 0 Å². The van der Waals surface area contributed by atoms with E-state index in [1.54, 1.807) is 0 Å². The number of hydrogen-bond acceptors (Lipinski definition) is 1. The topological polar surface area (TPSA) is 3.24 Å². The van der Waals surface area contributed by atoms with Gasteiger partial charge in [0.25, 0.3) is 0 Å². The second-order valence-electron chi connectivity index (χ2n) is 3.81. The summed E-state index contributed by atoms with van der Waals surface area (Å²) in [5.74, 6) is 0.855. The average molecular weight is 153 g/mol. The third-order valence-corrected chi connectivity index (χ3v) is 2.68. The maximum absolute atomic E-state index is 4.10. The summed E-state index contributed by atoms with van der Waals surface area (Å²) in [5, 5.41) is 0. The predicted molar refractivity (Wildman–Crippen MR) is 49.6 cm³/mol. The first-order valence-corrected chi connectivity index (χ1v) is 4.53. The van der Waals surface area contributed by atoms with Crippen LogP contribution in [0.15, 0.2) is 12.2 Å². The van der Waals surface area contributed by atoms with Gasteiger partial charge in [0.2, 0.25) is 0 Å². The molecule has 1 saturated heterocycles. The number of rotatable bonds is 2. The molecular formula is C10H19N. The summed E-state index contributed by atoms with van der Waals surface area (Å²) in [6, 6.07) is 0.662. The summed E-state index contributed by atoms with van der Waals surface area (Å²) in [6.45, 7) is 9.85. The lowest BCUT2D eigenvalue weighted by Crippen LogP contribution is -2.26. The van der Waals surface area contributed by atoms with Gasteiger partial charge in [0.05, 0.1) is 0 Å². The second kappa shape index (κ2) is 3.40. The molecule has 0 N–H and O–H groups in total. The van der Waals surface area contributed by atoms with Crippen molar-refractivity contribution < 1.29 is 0 Å². The first-order chi connectivity index (χ1) is 5.15. The standard InChI is InChI=1S/C10H19N/c1-5-9(3)10-6-8(2)7-11(10)4/h8,10H,3,5-7H2,1-2,4H3. The van der Waals surface area contributed by atoms with Gasteiger partial charge in [0.1, 0.15) is 0 Å². The number of hydrogen-bond donors (Lipinski definition) is 0. The van der Waals surface area contributed by atoms with Gasteiger partial charge in [-0.3, -0.25) is 4.90 Å². The molecule has 0 spiro atoms. The number of likely N-dealkylation sites (tertiary alicyclic amines) is 1. The van der Waals surface area contributed by atoms with E-state index in [4.69, 9.17) is 0 Å². The van der Waals surface area contributed by atoms with Crippen molar-refractivity contribution in [1.29, 1.82) is 0 Å². The van der Waals surface area contributed by atoms with Crippen molar-refractivity contribution in [3.63, 3.8) is 0 Å². The minimum atomic E-state index is 0.662. The van der Waals surface area contributed by atoms with Crippen LogP contribution in [0.1, 0.15) is 26.7 Å². The Morgan fingerprint density at radius 3 is 2.64 bits per heavy atom. The highest BCUT2D eigenvalue weighted by Gasteiger charge is 2.27. The van der Waals surface area contributed by atoms with Crippen molar-refractivity contribution in [3.8, 4) is 0 Å². The Morgan fingerprint density at radius 2 is 2.27 bits per heavy atom. The summed E-state index contributed by atoms with van der Waals surface area (Å²) in [7, 11) is 2.20. The van der Waals surface area contributed by atoms with Crippen LogP contribution in [0.5, 0.6) is 0 Å². The zero-order valence-corrected chi connectivity index (χ0v) is 7.93. The fraction of sp³-hybridized carbons (Fsp3) is 0.800. The van der Waals surface area contributed by atoms with Crippen LogP contribution < -0.4 is 0 Å². The zero-order chi connectivity index (χ0) is 8.43. The summed E-state index contributed by atoms with van der Waals surface area (Å²) in [5.41, 5.74) is 1.40. The molecule has 1 nitrogen and oxygen atoms in total. The van der Waals surface area contributed by atoms with Crippen molar-refractivity contribution >= 4 is 0 Å². The van der Waals surface area contributed by atoms with Gasteiger partial charge >= 0.3 is 0 Å². The van der Waals surface area contributed by atoms with Crippen LogP contribution in [0.25, 0.3) is 0 Å². The minimum Gasteiger partial charge on any atom is -0.299 e. The largest absolute Gasteiger partial charge is 0.299 e. The van der Waals surface area contributed by atoms with E-state index < -0.39 is 0 Å². The van der Waals surface area contributed by atoms with E-state index in [2.05, 4.69) is 32.4 Å². The molecule has 1 aliphatic heterocycles. The van der Waals surface area contributed by atoms with E-state index >= 15 is 0 Å². The Morgan fingerprint density at radius 1 is 1.64 bits per heavy atom. The molecule has 2 unspecified atom stereocenters. The SMILES string of the molecule is C=C(CC)C1CC(C)CN1C. The van der Waals surface area contributed by atoms with Crippen LogP contribution in [0.4, 0.5) is 0 Å². The highest BCUT2D eigenvalue weighted by Crippen LogP contribution is 2.26. The molecule has 1 aliphatic rings. The summed E-state index contributed by atoms with van der Waals surface area (Å²) >= 11 is 0. The molecule has 0 saturated carbocycles. The Labute approximate surface area is 70.1 Å². The van der Waals surface area contributed by atoms with Crippen LogP contribution in [-0.4, -0.2) is 24.5 Å². The third-order valence-electron chi connectivity index (χ3n) is 2.68. The van der Waals surface area contributed by atoms with Gasteiger partial charge in [-0.25, -0.2) is 0 Å². The smallest absolute Gasteiger partial charge is 0.0304 e. The molecule has 0 radical (unpaired) electrons. The first kappa shape index (κ1) is 8.79. The lowest BCUT2D eigenvalue weighted by molar-refractivity contribution is 0.336. The maximum atomic E-state index is 4.10. The van der Waals surface area contributed by atoms with Crippen molar-refractivity contribution in [3.05, 3.63) is 12.2 Å². The molecule has 11 heavy (non-hydrogen) atoms. The normalized spacial score (nSPS) is 32.6. The van der Waals surface area contributed by atoms with Gasteiger partial charge in [-0.05, 0) is 25.8 Å². The van der Waals surface area contributed by atoms with Crippen molar-refractivity contribution in [2.75, 3.05) is 13.6 Å². The Kier molecular flexibility index (Phi) is 2.72. The van der Waals surface area contributed by atoms with E-state index in [0.29, 0.717) is 6.04 Å². The van der Waals surface area contributed by atoms with Gasteiger partial charge < -0.3 is 0 Å². The molecule has 0 aliphatic carbocycles. The van der Waals surface area contributed by atoms with E-state index in [1.807, 2.05) is 0 Å². The molecule has 0 aromatic heterocycles. The summed E-state index contributed by atoms with van der Waals surface area (Å²) < 4.78 is 0. The highest BCUT2D eigenvalue weighted by molar-refractivity contribution is 5.08. The maximum Gasteiger partial charge on any atom is 0.0304 e. The second-order valence-corrected chi connectivity index (χ2v) is 3.81. The van der Waals surface area contributed by atoms with E-state index in [9.17, 15) is 0 Å². The first-order valence-electron chi connectivity index (χ1n) is 4.53. The van der Waals surface area contributed by atoms with Crippen molar-refractivity contribution in [2.24, 2.45) is 5.92 Å². The number of likely N-dealkylation sites (N-methyl/N-ethyl adjacent to an activating group) is 1. The molecule has 1 fully saturated rings. The Bertz CT molecular complexity index is 151. The van der Waals surface area contributed by atoms with E-state index in [0.717, 1.165) is 12.3 Å². The van der Waals surface area contributed by atoms with Crippen molar-refractivity contribution in [2.45, 2.75) is 32.7 Å². The van der Waals surface area contributed by atoms with Crippen LogP contribution in [0.3, 0.4) is 0 Å². The van der Waals surface area contributed by atoms with Gasteiger partial charge in [-0.1, -0.05) is 26.0 Å². The molecule has 2 atom stereocenters. The fourth-order valence-electron chi connectivity index (χ4n) is 1.97. The van der Waals surface area contributed by atoms with Crippen LogP contribution in [0, 0.1) is 5.92 Å². The molecule has 64 valence electrons. The molecule has 1 heterocycles. The molecule has 0 aromatic carbocycles. The summed E-state index contributed by atoms with van der Waals surface area (Å²) in [4.78, 5) is 2.43. The Hall–Kier alpha value is -0.300. The lowest BCUT2D eigenvalue weighted by atomic mass is 10.0. The predicted octanol–water partition coefficient (Wildman–Crippen LogP) is 2.29. The van der Waals surface area contributed by atoms with Gasteiger partial charge in [-0.15, -0.1) is 0 Å². The summed E-state index contributed by atoms with van der Waals surface area (Å²) in [6.07, 6.45) is 2.44. The Balaban J connectivity index is 2.52. The molecule has 0 amide bonds. The molecule has 1 rings (SSSR count). The fourth-order valence-corrected chi connectivity index (χ4v) is 1.97. The van der Waals surface area contributed by atoms with Crippen molar-refractivity contribution in [1.82, 2.24) is 4.90 Å². The lowest BCUT2D eigenvalue weighted by Gasteiger charge is -2.20. The molecular weight excluding hydrogens is 134 g/mol. The third kappa shape index (κ3) is 1.84. The van der Waals surface area contributed by atoms with Gasteiger partial charge in [-0.2, -0.15) is 0 Å². The molecule has 0 bridgehead atoms. The highest BCUT2D eigenvalue weighted by atomic mass is 15.2. The number of nitrogens with zero attached hydrogens (tertiary/aromatic N) is 1. The van der Waals surface area contributed by atoms with Crippen LogP contribution >= 0.6 is 0 Å². The monoisotopic (exact) mass is 153 g/mol. The molecule has 1 heteroatoms. The average Bonchev–Trinajstić information content (AvgIpc) is 2.28. The van der Waals surface area contributed by atoms with Crippen LogP contribution in [-0.2, 0) is 0 Å². The minimum absolute atomic E-state index is 0.662. The molecule has 0 aromatic rings. The van der Waals surface area contributed by atoms with Crippen LogP contribution in [0.2, 0.25) is 0 Å². The zero-order valence-electron chi connectivity index (χ0n) is 7.93. The quantitative estimate of drug-likeness (QED) is 0.550. The van der Waals surface area contributed by atoms with Gasteiger partial charge in [0, 0.05) is 12.6 Å². The van der Waals surface area contributed by atoms with E-state index in [1.165, 1.54) is 18.5 Å².